The van der Waals surface area contributed by atoms with Gasteiger partial charge in [-0.15, -0.1) is 0 Å². The Bertz CT molecular complexity index is 992. The molecule has 0 heterocycles. The number of aliphatic carboxylic acids is 1. The Morgan fingerprint density at radius 1 is 1.03 bits per heavy atom. The van der Waals surface area contributed by atoms with Crippen LogP contribution in [-0.4, -0.2) is 42.8 Å². The molecule has 2 aromatic carbocycles. The first kappa shape index (κ1) is 25.3. The standard InChI is InChI=1S/C27H34N2O5/c1-4-27(3,25(31)32)17-29-24(30)18(2)10-9-15-28-26(33)34-16-23-21-13-7-5-11-19(21)20-12-6-8-14-22(20)23/h5-8,11-14,18,23H,4,9-10,15-17H2,1-3H3,(H,28,33)(H,29,30)(H,31,32). The highest BCUT2D eigenvalue weighted by atomic mass is 16.5. The molecule has 7 nitrogen and oxygen atoms in total. The third-order valence-electron chi connectivity index (χ3n) is 6.82. The van der Waals surface area contributed by atoms with Crippen molar-refractivity contribution in [3.05, 3.63) is 59.7 Å². The molecule has 34 heavy (non-hydrogen) atoms. The molecule has 2 aromatic rings. The topological polar surface area (TPSA) is 105 Å². The zero-order chi connectivity index (χ0) is 24.7. The summed E-state index contributed by atoms with van der Waals surface area (Å²) < 4.78 is 5.52. The van der Waals surface area contributed by atoms with Crippen molar-refractivity contribution in [2.45, 2.75) is 46.0 Å². The Hall–Kier alpha value is -3.35. The van der Waals surface area contributed by atoms with Crippen LogP contribution in [0.4, 0.5) is 4.79 Å². The molecule has 0 spiro atoms. The molecule has 2 atom stereocenters. The molecule has 3 rings (SSSR count). The van der Waals surface area contributed by atoms with Gasteiger partial charge in [-0.3, -0.25) is 9.59 Å². The Balaban J connectivity index is 1.39. The van der Waals surface area contributed by atoms with Gasteiger partial charge in [0.05, 0.1) is 5.41 Å². The predicted octanol–water partition coefficient (Wildman–Crippen LogP) is 4.56. The zero-order valence-electron chi connectivity index (χ0n) is 20.1. The normalized spacial score (nSPS) is 14.9. The van der Waals surface area contributed by atoms with Crippen molar-refractivity contribution in [2.75, 3.05) is 19.7 Å². The molecule has 0 aliphatic heterocycles. The van der Waals surface area contributed by atoms with Crippen molar-refractivity contribution in [3.63, 3.8) is 0 Å². The number of carbonyl (C=O) groups excluding carboxylic acids is 2. The highest BCUT2D eigenvalue weighted by molar-refractivity contribution is 5.80. The van der Waals surface area contributed by atoms with E-state index in [1.807, 2.05) is 24.3 Å². The Morgan fingerprint density at radius 2 is 1.62 bits per heavy atom. The number of carbonyl (C=O) groups is 3. The molecule has 0 saturated heterocycles. The molecule has 0 fully saturated rings. The largest absolute Gasteiger partial charge is 0.481 e. The summed E-state index contributed by atoms with van der Waals surface area (Å²) in [6, 6.07) is 16.4. The van der Waals surface area contributed by atoms with Crippen LogP contribution in [0, 0.1) is 11.3 Å². The van der Waals surface area contributed by atoms with E-state index >= 15 is 0 Å². The first-order chi connectivity index (χ1) is 16.3. The predicted molar refractivity (Wildman–Crippen MR) is 131 cm³/mol. The maximum Gasteiger partial charge on any atom is 0.407 e. The molecule has 0 bridgehead atoms. The highest BCUT2D eigenvalue weighted by Crippen LogP contribution is 2.44. The molecule has 0 radical (unpaired) electrons. The lowest BCUT2D eigenvalue weighted by Crippen LogP contribution is -2.42. The van der Waals surface area contributed by atoms with Crippen LogP contribution in [0.2, 0.25) is 0 Å². The first-order valence-corrected chi connectivity index (χ1v) is 11.9. The van der Waals surface area contributed by atoms with E-state index in [9.17, 15) is 19.5 Å². The number of hydrogen-bond acceptors (Lipinski definition) is 4. The van der Waals surface area contributed by atoms with Crippen LogP contribution in [0.5, 0.6) is 0 Å². The Kier molecular flexibility index (Phi) is 8.31. The lowest BCUT2D eigenvalue weighted by molar-refractivity contribution is -0.148. The fourth-order valence-corrected chi connectivity index (χ4v) is 4.19. The van der Waals surface area contributed by atoms with E-state index in [-0.39, 0.29) is 30.9 Å². The van der Waals surface area contributed by atoms with Crippen molar-refractivity contribution in [3.8, 4) is 11.1 Å². The van der Waals surface area contributed by atoms with Gasteiger partial charge in [0.1, 0.15) is 6.61 Å². The molecular formula is C27H34N2O5. The van der Waals surface area contributed by atoms with Crippen molar-refractivity contribution in [2.24, 2.45) is 11.3 Å². The zero-order valence-corrected chi connectivity index (χ0v) is 20.1. The van der Waals surface area contributed by atoms with E-state index in [4.69, 9.17) is 4.74 Å². The summed E-state index contributed by atoms with van der Waals surface area (Å²) in [6.45, 7) is 5.97. The molecule has 2 unspecified atom stereocenters. The summed E-state index contributed by atoms with van der Waals surface area (Å²) in [5.41, 5.74) is 3.72. The monoisotopic (exact) mass is 466 g/mol. The number of fused-ring (bicyclic) bond motifs is 3. The number of carboxylic acids is 1. The molecule has 3 N–H and O–H groups in total. The van der Waals surface area contributed by atoms with E-state index < -0.39 is 17.5 Å². The molecule has 0 saturated carbocycles. The number of nitrogens with one attached hydrogen (secondary N) is 2. The van der Waals surface area contributed by atoms with E-state index in [2.05, 4.69) is 34.9 Å². The van der Waals surface area contributed by atoms with Crippen molar-refractivity contribution >= 4 is 18.0 Å². The Morgan fingerprint density at radius 3 is 2.18 bits per heavy atom. The molecule has 2 amide bonds. The van der Waals surface area contributed by atoms with Gasteiger partial charge in [-0.2, -0.15) is 0 Å². The van der Waals surface area contributed by atoms with Crippen LogP contribution >= 0.6 is 0 Å². The number of benzene rings is 2. The van der Waals surface area contributed by atoms with Crippen LogP contribution in [0.3, 0.4) is 0 Å². The van der Waals surface area contributed by atoms with Gasteiger partial charge in [-0.1, -0.05) is 62.4 Å². The quantitative estimate of drug-likeness (QED) is 0.421. The van der Waals surface area contributed by atoms with Gasteiger partial charge in [-0.05, 0) is 48.4 Å². The maximum atomic E-state index is 12.3. The van der Waals surface area contributed by atoms with Crippen molar-refractivity contribution in [1.29, 1.82) is 0 Å². The molecule has 182 valence electrons. The average molecular weight is 467 g/mol. The summed E-state index contributed by atoms with van der Waals surface area (Å²) in [5.74, 6) is -1.36. The number of amides is 2. The molecule has 1 aliphatic carbocycles. The lowest BCUT2D eigenvalue weighted by atomic mass is 9.87. The van der Waals surface area contributed by atoms with Crippen LogP contribution in [-0.2, 0) is 14.3 Å². The highest BCUT2D eigenvalue weighted by Gasteiger charge is 2.32. The summed E-state index contributed by atoms with van der Waals surface area (Å²) in [7, 11) is 0. The van der Waals surface area contributed by atoms with Crippen molar-refractivity contribution in [1.82, 2.24) is 10.6 Å². The fourth-order valence-electron chi connectivity index (χ4n) is 4.19. The summed E-state index contributed by atoms with van der Waals surface area (Å²) in [6.07, 6.45) is 1.15. The van der Waals surface area contributed by atoms with Crippen LogP contribution in [0.1, 0.15) is 57.1 Å². The summed E-state index contributed by atoms with van der Waals surface area (Å²) >= 11 is 0. The summed E-state index contributed by atoms with van der Waals surface area (Å²) in [5, 5.41) is 14.8. The second-order valence-electron chi connectivity index (χ2n) is 9.23. The minimum Gasteiger partial charge on any atom is -0.481 e. The molecular weight excluding hydrogens is 432 g/mol. The van der Waals surface area contributed by atoms with Gasteiger partial charge in [0.25, 0.3) is 0 Å². The van der Waals surface area contributed by atoms with Crippen LogP contribution < -0.4 is 10.6 Å². The second kappa shape index (κ2) is 11.2. The third-order valence-corrected chi connectivity index (χ3v) is 6.82. The fraction of sp³-hybridized carbons (Fsp3) is 0.444. The molecule has 7 heteroatoms. The van der Waals surface area contributed by atoms with Gasteiger partial charge in [0, 0.05) is 24.9 Å². The number of ether oxygens (including phenoxy) is 1. The average Bonchev–Trinajstić information content (AvgIpc) is 3.17. The van der Waals surface area contributed by atoms with E-state index in [0.717, 1.165) is 0 Å². The minimum atomic E-state index is -0.971. The van der Waals surface area contributed by atoms with Crippen LogP contribution in [0.25, 0.3) is 11.1 Å². The summed E-state index contributed by atoms with van der Waals surface area (Å²) in [4.78, 5) is 35.9. The lowest BCUT2D eigenvalue weighted by Gasteiger charge is -2.24. The smallest absolute Gasteiger partial charge is 0.407 e. The van der Waals surface area contributed by atoms with Gasteiger partial charge >= 0.3 is 12.1 Å². The van der Waals surface area contributed by atoms with Gasteiger partial charge < -0.3 is 20.5 Å². The van der Waals surface area contributed by atoms with E-state index in [1.54, 1.807) is 20.8 Å². The van der Waals surface area contributed by atoms with Gasteiger partial charge in [-0.25, -0.2) is 4.79 Å². The van der Waals surface area contributed by atoms with Crippen LogP contribution in [0.15, 0.2) is 48.5 Å². The molecule has 1 aliphatic rings. The van der Waals surface area contributed by atoms with Crippen molar-refractivity contribution < 1.29 is 24.2 Å². The minimum absolute atomic E-state index is 0.0153. The number of carboxylic acid groups (broad SMARTS) is 1. The Labute approximate surface area is 200 Å². The first-order valence-electron chi connectivity index (χ1n) is 11.9. The van der Waals surface area contributed by atoms with Gasteiger partial charge in [0.15, 0.2) is 0 Å². The van der Waals surface area contributed by atoms with E-state index in [1.165, 1.54) is 22.3 Å². The number of hydrogen-bond donors (Lipinski definition) is 3. The van der Waals surface area contributed by atoms with E-state index in [0.29, 0.717) is 25.8 Å². The molecule has 0 aromatic heterocycles. The maximum absolute atomic E-state index is 12.3. The number of rotatable bonds is 11. The van der Waals surface area contributed by atoms with Gasteiger partial charge in [0.2, 0.25) is 5.91 Å². The third kappa shape index (κ3) is 5.76. The second-order valence-corrected chi connectivity index (χ2v) is 9.23. The number of alkyl carbamates (subject to hydrolysis) is 1. The SMILES string of the molecule is CCC(C)(CNC(=O)C(C)CCCNC(=O)OCC1c2ccccc2-c2ccccc21)C(=O)O.